The first kappa shape index (κ1) is 45.1. The number of carboxylic acids is 1. The summed E-state index contributed by atoms with van der Waals surface area (Å²) in [5, 5.41) is 16.8. The number of amides is 3. The van der Waals surface area contributed by atoms with Crippen LogP contribution in [0.2, 0.25) is 0 Å². The number of nitrogens with zero attached hydrogens (tertiary/aromatic N) is 4. The highest BCUT2D eigenvalue weighted by molar-refractivity contribution is 6.25. The maximum atomic E-state index is 13.3. The Morgan fingerprint density at radius 3 is 1.82 bits per heavy atom. The van der Waals surface area contributed by atoms with Crippen LogP contribution >= 0.6 is 0 Å². The highest BCUT2D eigenvalue weighted by atomic mass is 16.6. The number of esters is 1. The van der Waals surface area contributed by atoms with Gasteiger partial charge in [0.15, 0.2) is 0 Å². The normalized spacial score (nSPS) is 12.9. The van der Waals surface area contributed by atoms with Crippen LogP contribution in [0, 0.1) is 0 Å². The number of ether oxygens (including phenoxy) is 2. The average Bonchev–Trinajstić information content (AvgIpc) is 3.51. The molecule has 2 aromatic rings. The molecule has 4 N–H and O–H groups in total. The number of Topliss-reactive ketones (excluding diaryl/α,β-unsaturated/α-hetero) is 2. The van der Waals surface area contributed by atoms with Crippen LogP contribution in [-0.4, -0.2) is 99.9 Å². The van der Waals surface area contributed by atoms with E-state index in [0.29, 0.717) is 18.9 Å². The molecule has 2 aromatic carbocycles. The smallest absolute Gasteiger partial charge is 0.407 e. The third kappa shape index (κ3) is 15.0. The van der Waals surface area contributed by atoms with Crippen LogP contribution in [0.25, 0.3) is 22.2 Å². The van der Waals surface area contributed by atoms with E-state index in [2.05, 4.69) is 32.5 Å². The Hall–Kier alpha value is -6.31. The topological polar surface area (TPSA) is 267 Å². The monoisotopic (exact) mass is 787 g/mol. The van der Waals surface area contributed by atoms with Gasteiger partial charge in [-0.05, 0) is 47.9 Å². The number of nitrogens with one attached hydrogen (secondary N) is 3. The Bertz CT molecular complexity index is 1810. The fourth-order valence-corrected chi connectivity index (χ4v) is 6.36. The van der Waals surface area contributed by atoms with Crippen molar-refractivity contribution < 1.29 is 57.7 Å². The van der Waals surface area contributed by atoms with Gasteiger partial charge in [-0.25, -0.2) is 14.4 Å². The molecule has 0 radical (unpaired) electrons. The summed E-state index contributed by atoms with van der Waals surface area (Å²) in [4.78, 5) is 93.7. The van der Waals surface area contributed by atoms with E-state index >= 15 is 0 Å². The van der Waals surface area contributed by atoms with Gasteiger partial charge in [0.25, 0.3) is 0 Å². The molecule has 3 atom stereocenters. The molecular weight excluding hydrogens is 738 g/mol. The number of hydrogen-bond donors (Lipinski definition) is 4. The van der Waals surface area contributed by atoms with E-state index in [9.17, 15) is 38.7 Å². The second-order valence-corrected chi connectivity index (χ2v) is 13.5. The number of ketones is 2. The quantitative estimate of drug-likeness (QED) is 0.0351. The largest absolute Gasteiger partial charge is 0.480 e. The highest BCUT2D eigenvalue weighted by Crippen LogP contribution is 2.44. The lowest BCUT2D eigenvalue weighted by Gasteiger charge is -2.22. The summed E-state index contributed by atoms with van der Waals surface area (Å²) in [7, 11) is 0. The maximum Gasteiger partial charge on any atom is 0.407 e. The van der Waals surface area contributed by atoms with Crippen molar-refractivity contribution >= 4 is 53.8 Å². The Morgan fingerprint density at radius 2 is 1.25 bits per heavy atom. The van der Waals surface area contributed by atoms with Crippen molar-refractivity contribution in [3.05, 3.63) is 70.7 Å². The first-order chi connectivity index (χ1) is 27.5. The van der Waals surface area contributed by atoms with Crippen molar-refractivity contribution in [2.24, 2.45) is 0 Å². The zero-order valence-electron chi connectivity index (χ0n) is 31.9. The number of hydrogen-bond acceptors (Lipinski definition) is 9. The summed E-state index contributed by atoms with van der Waals surface area (Å²) < 4.78 is 11.1. The Labute approximate surface area is 330 Å². The van der Waals surface area contributed by atoms with Gasteiger partial charge in [0.05, 0.1) is 6.61 Å². The van der Waals surface area contributed by atoms with Crippen LogP contribution in [0.1, 0.15) is 101 Å². The molecule has 304 valence electrons. The van der Waals surface area contributed by atoms with E-state index in [0.717, 1.165) is 54.4 Å². The molecule has 0 aromatic heterocycles. The molecule has 0 spiro atoms. The van der Waals surface area contributed by atoms with Gasteiger partial charge in [0.2, 0.25) is 23.4 Å². The Kier molecular flexibility index (Phi) is 19.2. The van der Waals surface area contributed by atoms with E-state index in [-0.39, 0.29) is 44.8 Å². The number of unbranched alkanes of at least 4 members (excludes halogenated alkanes) is 5. The SMILES string of the molecule is CCCCCCCCOC(=O)C(CCC(=O)NC(CCC(=O)C=[N+]=[N-])C(=O)NC(CCC(=O)C=[N+]=[N-])C(=O)O)NC(=O)OCC1c2ccccc2-c2ccccc21. The molecule has 17 heteroatoms. The first-order valence-electron chi connectivity index (χ1n) is 19.0. The molecule has 17 nitrogen and oxygen atoms in total. The van der Waals surface area contributed by atoms with Crippen LogP contribution in [0.4, 0.5) is 4.79 Å². The van der Waals surface area contributed by atoms with Crippen molar-refractivity contribution in [3.63, 3.8) is 0 Å². The van der Waals surface area contributed by atoms with E-state index in [1.807, 2.05) is 48.5 Å². The lowest BCUT2D eigenvalue weighted by molar-refractivity contribution is -0.146. The number of benzene rings is 2. The van der Waals surface area contributed by atoms with Crippen LogP contribution in [0.5, 0.6) is 0 Å². The maximum absolute atomic E-state index is 13.3. The second kappa shape index (κ2) is 24.3. The molecule has 1 aliphatic rings. The van der Waals surface area contributed by atoms with Crippen molar-refractivity contribution in [1.29, 1.82) is 0 Å². The van der Waals surface area contributed by atoms with Gasteiger partial charge in [0, 0.05) is 25.2 Å². The minimum absolute atomic E-state index is 0.0309. The van der Waals surface area contributed by atoms with Crippen LogP contribution < -0.4 is 16.0 Å². The van der Waals surface area contributed by atoms with Crippen molar-refractivity contribution in [2.45, 2.75) is 108 Å². The van der Waals surface area contributed by atoms with Gasteiger partial charge in [0.1, 0.15) is 24.7 Å². The number of carbonyl (C=O) groups excluding carboxylic acids is 6. The van der Waals surface area contributed by atoms with Gasteiger partial charge in [-0.15, -0.1) is 0 Å². The molecule has 0 fully saturated rings. The lowest BCUT2D eigenvalue weighted by Crippen LogP contribution is -2.52. The standard InChI is InChI=1S/C40H49N7O10/c1-2-3-4-5-6-11-22-56-39(54)35(47-40(55)57-25-32-30-14-9-7-12-28(30)29-13-8-10-15-31(29)32)20-21-36(50)45-33(18-16-26(48)23-43-41)37(51)46-34(38(52)53)19-17-27(49)24-44-42/h7-10,12-15,23-24,32-35H,2-6,11,16-22,25H2,1H3,(H,45,50)(H,46,51)(H,47,55)(H,52,53). The molecule has 0 heterocycles. The number of alkyl carbamates (subject to hydrolysis) is 1. The number of rotatable bonds is 26. The summed E-state index contributed by atoms with van der Waals surface area (Å²) in [6.45, 7) is 2.17. The minimum atomic E-state index is -1.59. The molecule has 57 heavy (non-hydrogen) atoms. The van der Waals surface area contributed by atoms with Crippen molar-refractivity contribution in [1.82, 2.24) is 16.0 Å². The van der Waals surface area contributed by atoms with E-state index in [1.54, 1.807) is 0 Å². The lowest BCUT2D eigenvalue weighted by atomic mass is 9.98. The average molecular weight is 788 g/mol. The number of fused-ring (bicyclic) bond motifs is 3. The number of carboxylic acid groups (broad SMARTS) is 1. The molecule has 1 aliphatic carbocycles. The van der Waals surface area contributed by atoms with E-state index < -0.39 is 72.4 Å². The third-order valence-electron chi connectivity index (χ3n) is 9.35. The zero-order valence-corrected chi connectivity index (χ0v) is 31.9. The summed E-state index contributed by atoms with van der Waals surface area (Å²) in [5.41, 5.74) is 21.3. The minimum Gasteiger partial charge on any atom is -0.480 e. The highest BCUT2D eigenvalue weighted by Gasteiger charge is 2.32. The van der Waals surface area contributed by atoms with Crippen molar-refractivity contribution in [3.8, 4) is 11.1 Å². The van der Waals surface area contributed by atoms with Crippen LogP contribution in [0.15, 0.2) is 48.5 Å². The number of carbonyl (C=O) groups is 7. The third-order valence-corrected chi connectivity index (χ3v) is 9.35. The van der Waals surface area contributed by atoms with E-state index in [1.165, 1.54) is 0 Å². The molecular formula is C40H49N7O10. The molecule has 3 unspecified atom stereocenters. The molecule has 0 aliphatic heterocycles. The molecule has 0 bridgehead atoms. The summed E-state index contributed by atoms with van der Waals surface area (Å²) in [5.74, 6) is -5.73. The predicted molar refractivity (Wildman–Crippen MR) is 205 cm³/mol. The van der Waals surface area contributed by atoms with E-state index in [4.69, 9.17) is 20.5 Å². The molecule has 3 rings (SSSR count). The molecule has 3 amide bonds. The van der Waals surface area contributed by atoms with Gasteiger partial charge < -0.3 is 41.6 Å². The van der Waals surface area contributed by atoms with Gasteiger partial charge in [-0.2, -0.15) is 9.58 Å². The molecule has 0 saturated carbocycles. The summed E-state index contributed by atoms with van der Waals surface area (Å²) in [6.07, 6.45) is 3.73. The fourth-order valence-electron chi connectivity index (χ4n) is 6.36. The van der Waals surface area contributed by atoms with Crippen LogP contribution in [-0.2, 0) is 38.2 Å². The first-order valence-corrected chi connectivity index (χ1v) is 19.0. The Balaban J connectivity index is 1.69. The Morgan fingerprint density at radius 1 is 0.702 bits per heavy atom. The summed E-state index contributed by atoms with van der Waals surface area (Å²) in [6, 6.07) is 11.2. The fraction of sp³-hybridized carbons (Fsp3) is 0.475. The number of aliphatic carboxylic acids is 1. The molecule has 0 saturated heterocycles. The van der Waals surface area contributed by atoms with Crippen molar-refractivity contribution in [2.75, 3.05) is 13.2 Å². The van der Waals surface area contributed by atoms with Gasteiger partial charge >= 0.3 is 30.5 Å². The van der Waals surface area contributed by atoms with Crippen LogP contribution in [0.3, 0.4) is 0 Å². The zero-order chi connectivity index (χ0) is 41.6. The van der Waals surface area contributed by atoms with Gasteiger partial charge in [-0.1, -0.05) is 87.6 Å². The van der Waals surface area contributed by atoms with Gasteiger partial charge in [-0.3, -0.25) is 19.2 Å². The predicted octanol–water partition coefficient (Wildman–Crippen LogP) is 3.93. The summed E-state index contributed by atoms with van der Waals surface area (Å²) >= 11 is 0. The second-order valence-electron chi connectivity index (χ2n) is 13.5.